The van der Waals surface area contributed by atoms with E-state index in [1.165, 1.54) is 12.8 Å². The van der Waals surface area contributed by atoms with Crippen LogP contribution in [0, 0.1) is 0 Å². The second-order valence-electron chi connectivity index (χ2n) is 5.59. The van der Waals surface area contributed by atoms with Crippen molar-refractivity contribution in [2.45, 2.75) is 18.9 Å². The Morgan fingerprint density at radius 2 is 1.75 bits per heavy atom. The van der Waals surface area contributed by atoms with Crippen molar-refractivity contribution in [2.75, 3.05) is 31.9 Å². The van der Waals surface area contributed by atoms with Crippen LogP contribution in [-0.2, 0) is 4.79 Å². The van der Waals surface area contributed by atoms with E-state index in [9.17, 15) is 4.79 Å². The molecule has 1 aromatic rings. The Kier molecular flexibility index (Phi) is 3.74. The molecule has 0 unspecified atom stereocenters. The van der Waals surface area contributed by atoms with Crippen LogP contribution < -0.4 is 5.73 Å². The van der Waals surface area contributed by atoms with Crippen molar-refractivity contribution >= 4 is 17.7 Å². The Balaban J connectivity index is 1.52. The van der Waals surface area contributed by atoms with E-state index in [0.717, 1.165) is 43.5 Å². The number of hydrogen-bond acceptors (Lipinski definition) is 3. The van der Waals surface area contributed by atoms with E-state index in [-0.39, 0.29) is 5.91 Å². The number of nitrogens with zero attached hydrogens (tertiary/aromatic N) is 2. The molecule has 0 atom stereocenters. The fourth-order valence-corrected chi connectivity index (χ4v) is 2.63. The zero-order valence-electron chi connectivity index (χ0n) is 11.7. The maximum absolute atomic E-state index is 12.1. The summed E-state index contributed by atoms with van der Waals surface area (Å²) in [4.78, 5) is 16.6. The van der Waals surface area contributed by atoms with Gasteiger partial charge in [0.25, 0.3) is 0 Å². The highest BCUT2D eigenvalue weighted by molar-refractivity contribution is 5.91. The SMILES string of the molecule is Nc1ccc(/C=C/C(=O)N2CCN(C3CC3)CC2)cc1. The zero-order chi connectivity index (χ0) is 13.9. The predicted octanol–water partition coefficient (Wildman–Crippen LogP) is 1.59. The predicted molar refractivity (Wildman–Crippen MR) is 81.1 cm³/mol. The normalized spacial score (nSPS) is 20.5. The van der Waals surface area contributed by atoms with Crippen molar-refractivity contribution in [3.05, 3.63) is 35.9 Å². The average Bonchev–Trinajstić information content (AvgIpc) is 3.31. The third-order valence-corrected chi connectivity index (χ3v) is 4.04. The number of benzene rings is 1. The molecule has 2 aliphatic rings. The van der Waals surface area contributed by atoms with Gasteiger partial charge in [0.1, 0.15) is 0 Å². The third kappa shape index (κ3) is 3.20. The molecule has 0 spiro atoms. The molecular weight excluding hydrogens is 250 g/mol. The molecule has 3 rings (SSSR count). The van der Waals surface area contributed by atoms with Crippen LogP contribution >= 0.6 is 0 Å². The van der Waals surface area contributed by atoms with Gasteiger partial charge in [-0.25, -0.2) is 0 Å². The summed E-state index contributed by atoms with van der Waals surface area (Å²) in [6.45, 7) is 3.74. The van der Waals surface area contributed by atoms with Crippen molar-refractivity contribution in [1.82, 2.24) is 9.80 Å². The minimum absolute atomic E-state index is 0.109. The molecule has 1 aromatic carbocycles. The summed E-state index contributed by atoms with van der Waals surface area (Å²) >= 11 is 0. The average molecular weight is 271 g/mol. The van der Waals surface area contributed by atoms with Gasteiger partial charge in [-0.1, -0.05) is 12.1 Å². The quantitative estimate of drug-likeness (QED) is 0.671. The molecule has 2 N–H and O–H groups in total. The van der Waals surface area contributed by atoms with Crippen molar-refractivity contribution in [1.29, 1.82) is 0 Å². The van der Waals surface area contributed by atoms with E-state index in [2.05, 4.69) is 4.90 Å². The molecule has 0 bridgehead atoms. The minimum Gasteiger partial charge on any atom is -0.399 e. The Hall–Kier alpha value is -1.81. The van der Waals surface area contributed by atoms with E-state index in [4.69, 9.17) is 5.73 Å². The maximum atomic E-state index is 12.1. The van der Waals surface area contributed by atoms with E-state index in [1.54, 1.807) is 6.08 Å². The van der Waals surface area contributed by atoms with Gasteiger partial charge >= 0.3 is 0 Å². The van der Waals surface area contributed by atoms with Gasteiger partial charge < -0.3 is 10.6 Å². The Labute approximate surface area is 119 Å². The number of nitrogens with two attached hydrogens (primary N) is 1. The summed E-state index contributed by atoms with van der Waals surface area (Å²) in [7, 11) is 0. The standard InChI is InChI=1S/C16H21N3O/c17-14-4-1-13(2-5-14)3-8-16(20)19-11-9-18(10-12-19)15-6-7-15/h1-5,8,15H,6-7,9-12,17H2/b8-3+. The molecule has 0 aromatic heterocycles. The molecule has 2 fully saturated rings. The fraction of sp³-hybridized carbons (Fsp3) is 0.438. The van der Waals surface area contributed by atoms with Crippen LogP contribution in [0.15, 0.2) is 30.3 Å². The van der Waals surface area contributed by atoms with E-state index in [0.29, 0.717) is 0 Å². The molecule has 106 valence electrons. The second kappa shape index (κ2) is 5.67. The molecular formula is C16H21N3O. The molecule has 1 saturated heterocycles. The lowest BCUT2D eigenvalue weighted by Crippen LogP contribution is -2.48. The summed E-state index contributed by atoms with van der Waals surface area (Å²) in [5.41, 5.74) is 7.38. The Morgan fingerprint density at radius 3 is 2.35 bits per heavy atom. The van der Waals surface area contributed by atoms with Gasteiger partial charge in [0, 0.05) is 44.0 Å². The van der Waals surface area contributed by atoms with Crippen LogP contribution in [0.25, 0.3) is 6.08 Å². The smallest absolute Gasteiger partial charge is 0.246 e. The topological polar surface area (TPSA) is 49.6 Å². The molecule has 4 heteroatoms. The monoisotopic (exact) mass is 271 g/mol. The van der Waals surface area contributed by atoms with Crippen molar-refractivity contribution in [3.63, 3.8) is 0 Å². The van der Waals surface area contributed by atoms with E-state index < -0.39 is 0 Å². The first kappa shape index (κ1) is 13.2. The number of anilines is 1. The van der Waals surface area contributed by atoms with Crippen molar-refractivity contribution in [3.8, 4) is 0 Å². The molecule has 0 radical (unpaired) electrons. The van der Waals surface area contributed by atoms with Crippen molar-refractivity contribution in [2.24, 2.45) is 0 Å². The number of hydrogen-bond donors (Lipinski definition) is 1. The molecule has 1 heterocycles. The van der Waals surface area contributed by atoms with E-state index >= 15 is 0 Å². The summed E-state index contributed by atoms with van der Waals surface area (Å²) in [5, 5.41) is 0. The van der Waals surface area contributed by atoms with Gasteiger partial charge in [-0.15, -0.1) is 0 Å². The third-order valence-electron chi connectivity index (χ3n) is 4.04. The van der Waals surface area contributed by atoms with Gasteiger partial charge in [0.05, 0.1) is 0 Å². The fourth-order valence-electron chi connectivity index (χ4n) is 2.63. The summed E-state index contributed by atoms with van der Waals surface area (Å²) in [6.07, 6.45) is 6.20. The van der Waals surface area contributed by atoms with Gasteiger partial charge in [-0.3, -0.25) is 9.69 Å². The van der Waals surface area contributed by atoms with Gasteiger partial charge in [0.15, 0.2) is 0 Å². The molecule has 1 aliphatic carbocycles. The van der Waals surface area contributed by atoms with Crippen LogP contribution in [0.1, 0.15) is 18.4 Å². The summed E-state index contributed by atoms with van der Waals surface area (Å²) in [5.74, 6) is 0.109. The first-order valence-electron chi connectivity index (χ1n) is 7.29. The Bertz CT molecular complexity index is 497. The number of amides is 1. The Morgan fingerprint density at radius 1 is 1.10 bits per heavy atom. The summed E-state index contributed by atoms with van der Waals surface area (Å²) in [6, 6.07) is 8.34. The van der Waals surface area contributed by atoms with Gasteiger partial charge in [0.2, 0.25) is 5.91 Å². The van der Waals surface area contributed by atoms with Crippen LogP contribution in [0.4, 0.5) is 5.69 Å². The highest BCUT2D eigenvalue weighted by Gasteiger charge is 2.31. The highest BCUT2D eigenvalue weighted by Crippen LogP contribution is 2.27. The molecule has 1 amide bonds. The first-order valence-corrected chi connectivity index (χ1v) is 7.29. The van der Waals surface area contributed by atoms with Crippen LogP contribution in [-0.4, -0.2) is 47.9 Å². The highest BCUT2D eigenvalue weighted by atomic mass is 16.2. The van der Waals surface area contributed by atoms with Gasteiger partial charge in [-0.2, -0.15) is 0 Å². The minimum atomic E-state index is 0.109. The van der Waals surface area contributed by atoms with Crippen LogP contribution in [0.3, 0.4) is 0 Å². The largest absolute Gasteiger partial charge is 0.399 e. The molecule has 1 saturated carbocycles. The zero-order valence-corrected chi connectivity index (χ0v) is 11.7. The van der Waals surface area contributed by atoms with Crippen LogP contribution in [0.5, 0.6) is 0 Å². The van der Waals surface area contributed by atoms with E-state index in [1.807, 2.05) is 35.2 Å². The molecule has 4 nitrogen and oxygen atoms in total. The first-order chi connectivity index (χ1) is 9.72. The molecule has 1 aliphatic heterocycles. The summed E-state index contributed by atoms with van der Waals surface area (Å²) < 4.78 is 0. The number of carbonyl (C=O) groups is 1. The lowest BCUT2D eigenvalue weighted by molar-refractivity contribution is -0.127. The number of rotatable bonds is 3. The lowest BCUT2D eigenvalue weighted by atomic mass is 10.2. The van der Waals surface area contributed by atoms with Crippen LogP contribution in [0.2, 0.25) is 0 Å². The molecule has 20 heavy (non-hydrogen) atoms. The lowest BCUT2D eigenvalue weighted by Gasteiger charge is -2.34. The number of nitrogen functional groups attached to an aromatic ring is 1. The number of piperazine rings is 1. The maximum Gasteiger partial charge on any atom is 0.246 e. The van der Waals surface area contributed by atoms with Gasteiger partial charge in [-0.05, 0) is 36.6 Å². The van der Waals surface area contributed by atoms with Crippen molar-refractivity contribution < 1.29 is 4.79 Å². The second-order valence-corrected chi connectivity index (χ2v) is 5.59. The number of carbonyl (C=O) groups excluding carboxylic acids is 1.